The zero-order valence-electron chi connectivity index (χ0n) is 15.6. The van der Waals surface area contributed by atoms with E-state index in [1.165, 1.54) is 57.8 Å². The number of unbranched alkanes of at least 4 members (excludes halogenated alkanes) is 9. The average molecular weight is 331 g/mol. The second-order valence-electron chi connectivity index (χ2n) is 6.54. The molecule has 0 amide bonds. The lowest BCUT2D eigenvalue weighted by Gasteiger charge is -2.06. The molecule has 0 bridgehead atoms. The molecule has 0 unspecified atom stereocenters. The molecule has 0 aliphatic heterocycles. The van der Waals surface area contributed by atoms with Crippen LogP contribution in [-0.2, 0) is 4.79 Å². The molecule has 0 heterocycles. The summed E-state index contributed by atoms with van der Waals surface area (Å²) in [5.41, 5.74) is 1.02. The molecule has 1 rings (SSSR count). The first-order valence-corrected chi connectivity index (χ1v) is 9.64. The lowest BCUT2D eigenvalue weighted by atomic mass is 10.1. The first kappa shape index (κ1) is 20.5. The van der Waals surface area contributed by atoms with Gasteiger partial charge in [-0.2, -0.15) is 0 Å². The molecular formula is C22H34O2. The molecule has 24 heavy (non-hydrogen) atoms. The van der Waals surface area contributed by atoms with Crippen LogP contribution in [0.15, 0.2) is 30.3 Å². The lowest BCUT2D eigenvalue weighted by Crippen LogP contribution is -1.97. The second kappa shape index (κ2) is 13.8. The Bertz CT molecular complexity index is 459. The highest BCUT2D eigenvalue weighted by Crippen LogP contribution is 2.15. The van der Waals surface area contributed by atoms with Gasteiger partial charge in [0, 0.05) is 0 Å². The summed E-state index contributed by atoms with van der Waals surface area (Å²) in [4.78, 5) is 10.9. The van der Waals surface area contributed by atoms with Crippen molar-refractivity contribution in [3.63, 3.8) is 0 Å². The Kier molecular flexibility index (Phi) is 11.8. The van der Waals surface area contributed by atoms with Crippen LogP contribution >= 0.6 is 0 Å². The Morgan fingerprint density at radius 1 is 0.875 bits per heavy atom. The summed E-state index contributed by atoms with van der Waals surface area (Å²) in [6.45, 7) is 4.61. The predicted molar refractivity (Wildman–Crippen MR) is 103 cm³/mol. The first-order valence-electron chi connectivity index (χ1n) is 9.64. The number of hydrogen-bond donors (Lipinski definition) is 0. The Balaban J connectivity index is 2.00. The monoisotopic (exact) mass is 330 g/mol. The van der Waals surface area contributed by atoms with E-state index in [0.29, 0.717) is 0 Å². The van der Waals surface area contributed by atoms with E-state index in [4.69, 9.17) is 4.74 Å². The average Bonchev–Trinajstić information content (AvgIpc) is 2.59. The summed E-state index contributed by atoms with van der Waals surface area (Å²) < 4.78 is 5.77. The van der Waals surface area contributed by atoms with Gasteiger partial charge in [-0.1, -0.05) is 82.9 Å². The van der Waals surface area contributed by atoms with Crippen LogP contribution in [0.2, 0.25) is 0 Å². The smallest absolute Gasteiger partial charge is 0.152 e. The number of ketones is 1. The number of rotatable bonds is 14. The van der Waals surface area contributed by atoms with Gasteiger partial charge >= 0.3 is 0 Å². The van der Waals surface area contributed by atoms with Gasteiger partial charge in [0.05, 0.1) is 6.61 Å². The number of ether oxygens (including phenoxy) is 1. The molecule has 0 N–H and O–H groups in total. The molecular weight excluding hydrogens is 296 g/mol. The summed E-state index contributed by atoms with van der Waals surface area (Å²) in [5, 5.41) is 0. The summed E-state index contributed by atoms with van der Waals surface area (Å²) in [5.74, 6) is 0.974. The van der Waals surface area contributed by atoms with Crippen LogP contribution in [0, 0.1) is 0 Å². The highest BCUT2D eigenvalue weighted by atomic mass is 16.5. The number of benzene rings is 1. The third-order valence-corrected chi connectivity index (χ3v) is 4.16. The minimum atomic E-state index is 0.0660. The minimum absolute atomic E-state index is 0.0660. The SMILES string of the molecule is CCCCCCCCCCCCOc1ccc(C=CC(C)=O)cc1. The topological polar surface area (TPSA) is 26.3 Å². The fourth-order valence-electron chi connectivity index (χ4n) is 2.67. The lowest BCUT2D eigenvalue weighted by molar-refractivity contribution is -0.112. The molecule has 0 saturated heterocycles. The van der Waals surface area contributed by atoms with Crippen LogP contribution in [-0.4, -0.2) is 12.4 Å². The molecule has 2 heteroatoms. The summed E-state index contributed by atoms with van der Waals surface area (Å²) >= 11 is 0. The van der Waals surface area contributed by atoms with Crippen molar-refractivity contribution in [3.05, 3.63) is 35.9 Å². The van der Waals surface area contributed by atoms with Gasteiger partial charge in [-0.3, -0.25) is 4.79 Å². The Morgan fingerprint density at radius 3 is 1.96 bits per heavy atom. The molecule has 0 aliphatic carbocycles. The third-order valence-electron chi connectivity index (χ3n) is 4.16. The van der Waals surface area contributed by atoms with Crippen molar-refractivity contribution in [3.8, 4) is 5.75 Å². The molecule has 1 aromatic rings. The Labute approximate surface area is 148 Å². The minimum Gasteiger partial charge on any atom is -0.494 e. The van der Waals surface area contributed by atoms with Gasteiger partial charge in [-0.25, -0.2) is 0 Å². The van der Waals surface area contributed by atoms with Gasteiger partial charge in [0.2, 0.25) is 0 Å². The fourth-order valence-corrected chi connectivity index (χ4v) is 2.67. The van der Waals surface area contributed by atoms with E-state index in [1.807, 2.05) is 30.3 Å². The molecule has 1 aromatic carbocycles. The van der Waals surface area contributed by atoms with Crippen molar-refractivity contribution in [1.29, 1.82) is 0 Å². The number of allylic oxidation sites excluding steroid dienone is 1. The highest BCUT2D eigenvalue weighted by Gasteiger charge is 1.96. The van der Waals surface area contributed by atoms with Crippen molar-refractivity contribution in [2.45, 2.75) is 78.1 Å². The molecule has 0 atom stereocenters. The van der Waals surface area contributed by atoms with Gasteiger partial charge < -0.3 is 4.74 Å². The number of carbonyl (C=O) groups excluding carboxylic acids is 1. The Morgan fingerprint density at radius 2 is 1.42 bits per heavy atom. The van der Waals surface area contributed by atoms with E-state index < -0.39 is 0 Å². The van der Waals surface area contributed by atoms with Crippen LogP contribution in [0.3, 0.4) is 0 Å². The van der Waals surface area contributed by atoms with Crippen molar-refractivity contribution in [2.75, 3.05) is 6.61 Å². The van der Waals surface area contributed by atoms with Crippen molar-refractivity contribution >= 4 is 11.9 Å². The van der Waals surface area contributed by atoms with Crippen LogP contribution in [0.5, 0.6) is 5.75 Å². The van der Waals surface area contributed by atoms with Crippen molar-refractivity contribution in [2.24, 2.45) is 0 Å². The van der Waals surface area contributed by atoms with E-state index in [9.17, 15) is 4.79 Å². The molecule has 0 saturated carbocycles. The predicted octanol–water partition coefficient (Wildman–Crippen LogP) is 6.59. The van der Waals surface area contributed by atoms with E-state index >= 15 is 0 Å². The first-order chi connectivity index (χ1) is 11.7. The second-order valence-corrected chi connectivity index (χ2v) is 6.54. The molecule has 134 valence electrons. The zero-order chi connectivity index (χ0) is 17.5. The molecule has 0 aromatic heterocycles. The van der Waals surface area contributed by atoms with Crippen LogP contribution in [0.4, 0.5) is 0 Å². The number of hydrogen-bond acceptors (Lipinski definition) is 2. The fraction of sp³-hybridized carbons (Fsp3) is 0.591. The van der Waals surface area contributed by atoms with Crippen molar-refractivity contribution < 1.29 is 9.53 Å². The van der Waals surface area contributed by atoms with Gasteiger partial charge in [-0.15, -0.1) is 0 Å². The molecule has 0 radical (unpaired) electrons. The van der Waals surface area contributed by atoms with Gasteiger partial charge in [0.25, 0.3) is 0 Å². The molecule has 0 aliphatic rings. The van der Waals surface area contributed by atoms with E-state index in [1.54, 1.807) is 13.0 Å². The van der Waals surface area contributed by atoms with Crippen LogP contribution in [0.1, 0.15) is 83.6 Å². The molecule has 2 nitrogen and oxygen atoms in total. The maximum atomic E-state index is 10.9. The van der Waals surface area contributed by atoms with Crippen molar-refractivity contribution in [1.82, 2.24) is 0 Å². The summed E-state index contributed by atoms with van der Waals surface area (Å²) in [6.07, 6.45) is 16.8. The molecule has 0 spiro atoms. The van der Waals surface area contributed by atoms with Gasteiger partial charge in [-0.05, 0) is 37.1 Å². The van der Waals surface area contributed by atoms with Crippen LogP contribution in [0.25, 0.3) is 6.08 Å². The van der Waals surface area contributed by atoms with E-state index in [0.717, 1.165) is 24.3 Å². The largest absolute Gasteiger partial charge is 0.494 e. The summed E-state index contributed by atoms with van der Waals surface area (Å²) in [7, 11) is 0. The van der Waals surface area contributed by atoms with Gasteiger partial charge in [0.1, 0.15) is 5.75 Å². The quantitative estimate of drug-likeness (QED) is 0.284. The standard InChI is InChI=1S/C22H34O2/c1-3-4-5-6-7-8-9-10-11-12-19-24-22-17-15-21(16-18-22)14-13-20(2)23/h13-18H,3-12,19H2,1-2H3. The van der Waals surface area contributed by atoms with Gasteiger partial charge in [0.15, 0.2) is 5.78 Å². The van der Waals surface area contributed by atoms with E-state index in [2.05, 4.69) is 6.92 Å². The van der Waals surface area contributed by atoms with E-state index in [-0.39, 0.29) is 5.78 Å². The maximum absolute atomic E-state index is 10.9. The summed E-state index contributed by atoms with van der Waals surface area (Å²) in [6, 6.07) is 7.90. The normalized spacial score (nSPS) is 11.1. The maximum Gasteiger partial charge on any atom is 0.152 e. The highest BCUT2D eigenvalue weighted by molar-refractivity contribution is 5.91. The molecule has 0 fully saturated rings. The van der Waals surface area contributed by atoms with Crippen LogP contribution < -0.4 is 4.74 Å². The zero-order valence-corrected chi connectivity index (χ0v) is 15.6. The Hall–Kier alpha value is -1.57. The third kappa shape index (κ3) is 11.0. The number of carbonyl (C=O) groups is 1.